The number of ether oxygens (including phenoxy) is 3. The van der Waals surface area contributed by atoms with Crippen LogP contribution in [0.4, 0.5) is 5.69 Å². The van der Waals surface area contributed by atoms with Crippen LogP contribution in [0.1, 0.15) is 12.5 Å². The third kappa shape index (κ3) is 4.22. The second-order valence-electron chi connectivity index (χ2n) is 6.00. The molecule has 0 atom stereocenters. The van der Waals surface area contributed by atoms with Crippen molar-refractivity contribution in [1.29, 1.82) is 0 Å². The van der Waals surface area contributed by atoms with Crippen LogP contribution >= 0.6 is 12.2 Å². The highest BCUT2D eigenvalue weighted by Gasteiger charge is 2.34. The summed E-state index contributed by atoms with van der Waals surface area (Å²) < 4.78 is 16.0. The number of carbonyl (C=O) groups is 2. The Morgan fingerprint density at radius 1 is 1.07 bits per heavy atom. The molecule has 0 spiro atoms. The molecule has 0 saturated carbocycles. The van der Waals surface area contributed by atoms with E-state index in [0.29, 0.717) is 35.1 Å². The Labute approximate surface area is 173 Å². The third-order valence-corrected chi connectivity index (χ3v) is 4.51. The van der Waals surface area contributed by atoms with Crippen LogP contribution in [0.25, 0.3) is 6.08 Å². The normalized spacial score (nSPS) is 15.3. The van der Waals surface area contributed by atoms with Crippen LogP contribution in [-0.4, -0.2) is 37.8 Å². The van der Waals surface area contributed by atoms with E-state index in [9.17, 15) is 9.59 Å². The molecule has 0 aliphatic carbocycles. The average Bonchev–Trinajstić information content (AvgIpc) is 2.71. The number of amides is 2. The van der Waals surface area contributed by atoms with Crippen molar-refractivity contribution in [1.82, 2.24) is 5.32 Å². The number of carbonyl (C=O) groups excluding carboxylic acids is 2. The van der Waals surface area contributed by atoms with Gasteiger partial charge in [0, 0.05) is 17.7 Å². The highest BCUT2D eigenvalue weighted by atomic mass is 32.1. The van der Waals surface area contributed by atoms with Crippen molar-refractivity contribution in [3.8, 4) is 17.2 Å². The Balaban J connectivity index is 2.01. The molecule has 0 aromatic heterocycles. The molecule has 1 N–H and O–H groups in total. The van der Waals surface area contributed by atoms with Gasteiger partial charge >= 0.3 is 0 Å². The maximum atomic E-state index is 13.1. The van der Waals surface area contributed by atoms with Crippen LogP contribution in [0.15, 0.2) is 48.0 Å². The predicted octanol–water partition coefficient (Wildman–Crippen LogP) is 2.93. The van der Waals surface area contributed by atoms with Crippen LogP contribution in [0, 0.1) is 0 Å². The summed E-state index contributed by atoms with van der Waals surface area (Å²) in [5.74, 6) is 0.551. The van der Waals surface area contributed by atoms with Gasteiger partial charge in [0.2, 0.25) is 0 Å². The summed E-state index contributed by atoms with van der Waals surface area (Å²) in [4.78, 5) is 26.9. The lowest BCUT2D eigenvalue weighted by Gasteiger charge is -2.29. The van der Waals surface area contributed by atoms with E-state index in [2.05, 4.69) is 5.32 Å². The van der Waals surface area contributed by atoms with Crippen molar-refractivity contribution in [2.45, 2.75) is 6.92 Å². The minimum absolute atomic E-state index is 0.00694. The highest BCUT2D eigenvalue weighted by Crippen LogP contribution is 2.29. The van der Waals surface area contributed by atoms with Crippen LogP contribution in [0.5, 0.6) is 17.2 Å². The molecule has 0 unspecified atom stereocenters. The molecule has 0 radical (unpaired) electrons. The minimum atomic E-state index is -0.574. The fraction of sp³-hybridized carbons (Fsp3) is 0.190. The second-order valence-corrected chi connectivity index (χ2v) is 6.38. The summed E-state index contributed by atoms with van der Waals surface area (Å²) >= 11 is 5.23. The molecule has 3 rings (SSSR count). The van der Waals surface area contributed by atoms with E-state index in [4.69, 9.17) is 26.4 Å². The van der Waals surface area contributed by atoms with Gasteiger partial charge in [0.15, 0.2) is 5.11 Å². The maximum Gasteiger partial charge on any atom is 0.270 e. The van der Waals surface area contributed by atoms with Crippen molar-refractivity contribution in [3.63, 3.8) is 0 Å². The Hall–Kier alpha value is -3.39. The number of hydrogen-bond acceptors (Lipinski definition) is 6. The molecule has 1 aliphatic heterocycles. The molecule has 1 fully saturated rings. The van der Waals surface area contributed by atoms with Gasteiger partial charge in [-0.1, -0.05) is 6.07 Å². The summed E-state index contributed by atoms with van der Waals surface area (Å²) in [6.45, 7) is 2.35. The minimum Gasteiger partial charge on any atom is -0.497 e. The molecule has 1 saturated heterocycles. The number of anilines is 1. The van der Waals surface area contributed by atoms with Crippen LogP contribution in [0.2, 0.25) is 0 Å². The Kier molecular flexibility index (Phi) is 6.13. The summed E-state index contributed by atoms with van der Waals surface area (Å²) in [6, 6.07) is 12.0. The van der Waals surface area contributed by atoms with Gasteiger partial charge in [-0.05, 0) is 49.5 Å². The first-order chi connectivity index (χ1) is 14.0. The van der Waals surface area contributed by atoms with Gasteiger partial charge in [-0.15, -0.1) is 0 Å². The molecule has 2 amide bonds. The molecule has 150 valence electrons. The predicted molar refractivity (Wildman–Crippen MR) is 113 cm³/mol. The lowest BCUT2D eigenvalue weighted by molar-refractivity contribution is -0.122. The molecule has 1 heterocycles. The Bertz CT molecular complexity index is 1000. The summed E-state index contributed by atoms with van der Waals surface area (Å²) in [6.07, 6.45) is 1.47. The summed E-state index contributed by atoms with van der Waals surface area (Å²) in [5.41, 5.74) is 0.991. The zero-order valence-corrected chi connectivity index (χ0v) is 17.0. The standard InChI is InChI=1S/C21H20N2O5S/c1-4-28-16-7-5-6-14(11-16)23-20(25)17(19(24)22-21(23)29)10-13-8-9-15(26-2)12-18(13)27-3/h5-12H,4H2,1-3H3,(H,22,24,29). The number of nitrogens with one attached hydrogen (secondary N) is 1. The lowest BCUT2D eigenvalue weighted by atomic mass is 10.1. The monoisotopic (exact) mass is 412 g/mol. The largest absolute Gasteiger partial charge is 0.497 e. The van der Waals surface area contributed by atoms with E-state index in [0.717, 1.165) is 0 Å². The number of thiocarbonyl (C=S) groups is 1. The Morgan fingerprint density at radius 2 is 1.86 bits per heavy atom. The first-order valence-electron chi connectivity index (χ1n) is 8.84. The van der Waals surface area contributed by atoms with Crippen molar-refractivity contribution in [2.75, 3.05) is 25.7 Å². The SMILES string of the molecule is CCOc1cccc(N2C(=O)C(=Cc3ccc(OC)cc3OC)C(=O)NC2=S)c1. The highest BCUT2D eigenvalue weighted by molar-refractivity contribution is 7.80. The van der Waals surface area contributed by atoms with E-state index in [-0.39, 0.29) is 10.7 Å². The van der Waals surface area contributed by atoms with Crippen molar-refractivity contribution in [2.24, 2.45) is 0 Å². The third-order valence-electron chi connectivity index (χ3n) is 4.23. The molecule has 0 bridgehead atoms. The number of benzene rings is 2. The zero-order chi connectivity index (χ0) is 21.0. The van der Waals surface area contributed by atoms with E-state index in [1.54, 1.807) is 49.6 Å². The van der Waals surface area contributed by atoms with Crippen LogP contribution in [-0.2, 0) is 9.59 Å². The molecule has 7 nitrogen and oxygen atoms in total. The number of methoxy groups -OCH3 is 2. The summed E-state index contributed by atoms with van der Waals surface area (Å²) in [7, 11) is 3.04. The molecule has 1 aliphatic rings. The average molecular weight is 412 g/mol. The zero-order valence-electron chi connectivity index (χ0n) is 16.2. The van der Waals surface area contributed by atoms with Crippen molar-refractivity contribution in [3.05, 3.63) is 53.6 Å². The quantitative estimate of drug-likeness (QED) is 0.447. The fourth-order valence-corrected chi connectivity index (χ4v) is 3.15. The first-order valence-corrected chi connectivity index (χ1v) is 9.25. The lowest BCUT2D eigenvalue weighted by Crippen LogP contribution is -2.54. The van der Waals surface area contributed by atoms with Crippen molar-refractivity contribution < 1.29 is 23.8 Å². The van der Waals surface area contributed by atoms with E-state index >= 15 is 0 Å². The fourth-order valence-electron chi connectivity index (χ4n) is 2.86. The van der Waals surface area contributed by atoms with E-state index in [1.165, 1.54) is 18.1 Å². The topological polar surface area (TPSA) is 77.1 Å². The molecule has 29 heavy (non-hydrogen) atoms. The molecule has 8 heteroatoms. The summed E-state index contributed by atoms with van der Waals surface area (Å²) in [5, 5.41) is 2.57. The van der Waals surface area contributed by atoms with Gasteiger partial charge in [0.1, 0.15) is 22.8 Å². The van der Waals surface area contributed by atoms with E-state index in [1.807, 2.05) is 6.92 Å². The molecule has 2 aromatic rings. The van der Waals surface area contributed by atoms with Gasteiger partial charge in [-0.25, -0.2) is 0 Å². The van der Waals surface area contributed by atoms with Crippen LogP contribution < -0.4 is 24.4 Å². The van der Waals surface area contributed by atoms with Gasteiger partial charge in [-0.3, -0.25) is 19.8 Å². The molecule has 2 aromatic carbocycles. The molecular formula is C21H20N2O5S. The maximum absolute atomic E-state index is 13.1. The van der Waals surface area contributed by atoms with Gasteiger partial charge in [0.25, 0.3) is 11.8 Å². The first kappa shape index (κ1) is 20.3. The molecular weight excluding hydrogens is 392 g/mol. The number of hydrogen-bond donors (Lipinski definition) is 1. The smallest absolute Gasteiger partial charge is 0.270 e. The van der Waals surface area contributed by atoms with E-state index < -0.39 is 11.8 Å². The second kappa shape index (κ2) is 8.74. The van der Waals surface area contributed by atoms with Gasteiger partial charge in [-0.2, -0.15) is 0 Å². The van der Waals surface area contributed by atoms with Gasteiger partial charge < -0.3 is 14.2 Å². The Morgan fingerprint density at radius 3 is 2.55 bits per heavy atom. The van der Waals surface area contributed by atoms with Gasteiger partial charge in [0.05, 0.1) is 26.5 Å². The van der Waals surface area contributed by atoms with Crippen molar-refractivity contribution >= 4 is 40.9 Å². The van der Waals surface area contributed by atoms with Crippen LogP contribution in [0.3, 0.4) is 0 Å². The number of nitrogens with zero attached hydrogens (tertiary/aromatic N) is 1. The number of rotatable bonds is 6.